The fraction of sp³-hybridized carbons (Fsp3) is 0.0526. The van der Waals surface area contributed by atoms with Crippen LogP contribution in [0.3, 0.4) is 0 Å². The number of rotatable bonds is 6. The molecule has 28 heavy (non-hydrogen) atoms. The first-order valence-corrected chi connectivity index (χ1v) is 9.89. The van der Waals surface area contributed by atoms with Crippen molar-refractivity contribution in [3.05, 3.63) is 91.0 Å². The lowest BCUT2D eigenvalue weighted by atomic mass is 10.2. The third-order valence-electron chi connectivity index (χ3n) is 4.14. The maximum atomic E-state index is 13.5. The zero-order valence-corrected chi connectivity index (χ0v) is 15.5. The van der Waals surface area contributed by atoms with Crippen LogP contribution in [0.4, 0.5) is 5.69 Å². The van der Waals surface area contributed by atoms with Crippen molar-refractivity contribution in [3.8, 4) is 5.69 Å². The van der Waals surface area contributed by atoms with E-state index in [-0.39, 0.29) is 11.4 Å². The second kappa shape index (κ2) is 7.57. The average molecular weight is 392 g/mol. The number of tetrazole rings is 1. The van der Waals surface area contributed by atoms with Crippen LogP contribution in [0, 0.1) is 0 Å². The zero-order chi connectivity index (χ0) is 19.4. The molecule has 0 aliphatic heterocycles. The van der Waals surface area contributed by atoms with E-state index >= 15 is 0 Å². The molecule has 0 unspecified atom stereocenters. The van der Waals surface area contributed by atoms with Gasteiger partial charge in [0.1, 0.15) is 6.33 Å². The van der Waals surface area contributed by atoms with Crippen molar-refractivity contribution in [2.75, 3.05) is 4.31 Å². The van der Waals surface area contributed by atoms with Gasteiger partial charge in [-0.3, -0.25) is 9.29 Å². The van der Waals surface area contributed by atoms with Gasteiger partial charge in [0.05, 0.1) is 22.8 Å². The molecule has 0 aliphatic carbocycles. The van der Waals surface area contributed by atoms with Gasteiger partial charge in [-0.2, -0.15) is 0 Å². The van der Waals surface area contributed by atoms with Crippen LogP contribution in [-0.4, -0.2) is 33.6 Å². The predicted molar refractivity (Wildman–Crippen MR) is 103 cm³/mol. The van der Waals surface area contributed by atoms with Gasteiger partial charge in [0.2, 0.25) is 0 Å². The van der Waals surface area contributed by atoms with Crippen LogP contribution >= 0.6 is 0 Å². The molecule has 4 aromatic rings. The third kappa shape index (κ3) is 3.60. The van der Waals surface area contributed by atoms with Crippen molar-refractivity contribution in [1.82, 2.24) is 25.2 Å². The minimum absolute atomic E-state index is 0.147. The summed E-state index contributed by atoms with van der Waals surface area (Å²) in [7, 11) is -3.84. The van der Waals surface area contributed by atoms with E-state index in [2.05, 4.69) is 20.5 Å². The summed E-state index contributed by atoms with van der Waals surface area (Å²) in [5.41, 5.74) is 1.96. The van der Waals surface area contributed by atoms with Gasteiger partial charge < -0.3 is 0 Å². The summed E-state index contributed by atoms with van der Waals surface area (Å²) in [4.78, 5) is 4.14. The number of benzene rings is 2. The summed E-state index contributed by atoms with van der Waals surface area (Å²) in [5.74, 6) is 0. The largest absolute Gasteiger partial charge is 0.265 e. The van der Waals surface area contributed by atoms with Crippen LogP contribution in [0.1, 0.15) is 5.56 Å². The molecule has 2 aromatic heterocycles. The van der Waals surface area contributed by atoms with E-state index in [1.54, 1.807) is 48.8 Å². The number of aromatic nitrogens is 5. The molecule has 8 nitrogen and oxygen atoms in total. The first kappa shape index (κ1) is 17.8. The lowest BCUT2D eigenvalue weighted by Crippen LogP contribution is -2.30. The number of anilines is 1. The summed E-state index contributed by atoms with van der Waals surface area (Å²) in [5, 5.41) is 11.0. The van der Waals surface area contributed by atoms with Crippen molar-refractivity contribution in [2.24, 2.45) is 0 Å². The molecular weight excluding hydrogens is 376 g/mol. The smallest absolute Gasteiger partial charge is 0.264 e. The molecule has 0 N–H and O–H groups in total. The SMILES string of the molecule is O=S(=O)(c1cccc(-n2cnnn2)c1)N(Cc1ccccc1)c1ccncc1. The molecule has 0 radical (unpaired) electrons. The monoisotopic (exact) mass is 392 g/mol. The number of pyridine rings is 1. The Morgan fingerprint density at radius 2 is 1.71 bits per heavy atom. The molecule has 0 saturated heterocycles. The first-order chi connectivity index (χ1) is 13.6. The summed E-state index contributed by atoms with van der Waals surface area (Å²) in [6.45, 7) is 0.197. The predicted octanol–water partition coefficient (Wildman–Crippen LogP) is 2.45. The van der Waals surface area contributed by atoms with Crippen molar-refractivity contribution >= 4 is 15.7 Å². The van der Waals surface area contributed by atoms with Crippen molar-refractivity contribution in [1.29, 1.82) is 0 Å². The molecule has 0 bridgehead atoms. The van der Waals surface area contributed by atoms with Crippen LogP contribution in [0.15, 0.2) is 90.3 Å². The molecule has 0 amide bonds. The maximum Gasteiger partial charge on any atom is 0.264 e. The van der Waals surface area contributed by atoms with E-state index in [0.29, 0.717) is 11.4 Å². The molecular formula is C19H16N6O2S. The first-order valence-electron chi connectivity index (χ1n) is 8.45. The fourth-order valence-electron chi connectivity index (χ4n) is 2.77. The molecule has 0 atom stereocenters. The number of sulfonamides is 1. The molecule has 0 spiro atoms. The van der Waals surface area contributed by atoms with Crippen molar-refractivity contribution < 1.29 is 8.42 Å². The van der Waals surface area contributed by atoms with Gasteiger partial charge in [0.25, 0.3) is 10.0 Å². The quantitative estimate of drug-likeness (QED) is 0.500. The van der Waals surface area contributed by atoms with Crippen LogP contribution in [-0.2, 0) is 16.6 Å². The van der Waals surface area contributed by atoms with E-state index in [4.69, 9.17) is 0 Å². The van der Waals surface area contributed by atoms with Crippen LogP contribution in [0.2, 0.25) is 0 Å². The van der Waals surface area contributed by atoms with Crippen LogP contribution in [0.5, 0.6) is 0 Å². The Hall–Kier alpha value is -3.59. The van der Waals surface area contributed by atoms with Gasteiger partial charge >= 0.3 is 0 Å². The summed E-state index contributed by atoms with van der Waals surface area (Å²) in [6, 6.07) is 19.3. The molecule has 4 rings (SSSR count). The Morgan fingerprint density at radius 3 is 2.43 bits per heavy atom. The van der Waals surface area contributed by atoms with Crippen LogP contribution < -0.4 is 4.31 Å². The van der Waals surface area contributed by atoms with Gasteiger partial charge in [-0.25, -0.2) is 13.1 Å². The number of nitrogens with zero attached hydrogens (tertiary/aromatic N) is 6. The molecule has 140 valence electrons. The Morgan fingerprint density at radius 1 is 0.929 bits per heavy atom. The normalized spacial score (nSPS) is 11.3. The fourth-order valence-corrected chi connectivity index (χ4v) is 4.26. The van der Waals surface area contributed by atoms with Gasteiger partial charge in [-0.15, -0.1) is 5.10 Å². The molecule has 9 heteroatoms. The molecule has 2 heterocycles. The standard InChI is InChI=1S/C19H16N6O2S/c26-28(27,19-8-4-7-18(13-19)24-15-21-22-23-24)25(17-9-11-20-12-10-17)14-16-5-2-1-3-6-16/h1-13,15H,14H2. The zero-order valence-electron chi connectivity index (χ0n) is 14.7. The van der Waals surface area contributed by atoms with Gasteiger partial charge in [0.15, 0.2) is 0 Å². The van der Waals surface area contributed by atoms with E-state index in [1.807, 2.05) is 30.3 Å². The second-order valence-electron chi connectivity index (χ2n) is 5.95. The third-order valence-corrected chi connectivity index (χ3v) is 5.91. The van der Waals surface area contributed by atoms with E-state index in [1.165, 1.54) is 15.3 Å². The summed E-state index contributed by atoms with van der Waals surface area (Å²) >= 11 is 0. The van der Waals surface area contributed by atoms with Crippen molar-refractivity contribution in [3.63, 3.8) is 0 Å². The molecule has 2 aromatic carbocycles. The van der Waals surface area contributed by atoms with Crippen LogP contribution in [0.25, 0.3) is 5.69 Å². The highest BCUT2D eigenvalue weighted by Gasteiger charge is 2.25. The summed E-state index contributed by atoms with van der Waals surface area (Å²) in [6.07, 6.45) is 4.55. The Balaban J connectivity index is 1.78. The molecule has 0 saturated carbocycles. The van der Waals surface area contributed by atoms with Gasteiger partial charge in [-0.05, 0) is 46.3 Å². The topological polar surface area (TPSA) is 93.9 Å². The molecule has 0 aliphatic rings. The average Bonchev–Trinajstić information content (AvgIpc) is 3.28. The van der Waals surface area contributed by atoms with E-state index < -0.39 is 10.0 Å². The Bertz CT molecular complexity index is 1150. The molecule has 0 fully saturated rings. The highest BCUT2D eigenvalue weighted by Crippen LogP contribution is 2.26. The van der Waals surface area contributed by atoms with Gasteiger partial charge in [-0.1, -0.05) is 36.4 Å². The highest BCUT2D eigenvalue weighted by molar-refractivity contribution is 7.92. The number of hydrogen-bond donors (Lipinski definition) is 0. The lowest BCUT2D eigenvalue weighted by molar-refractivity contribution is 0.590. The Labute approximate surface area is 162 Å². The minimum Gasteiger partial charge on any atom is -0.265 e. The van der Waals surface area contributed by atoms with Crippen molar-refractivity contribution in [2.45, 2.75) is 11.4 Å². The summed E-state index contributed by atoms with van der Waals surface area (Å²) < 4.78 is 29.8. The minimum atomic E-state index is -3.84. The number of hydrogen-bond acceptors (Lipinski definition) is 6. The van der Waals surface area contributed by atoms with E-state index in [0.717, 1.165) is 5.56 Å². The van der Waals surface area contributed by atoms with E-state index in [9.17, 15) is 8.42 Å². The highest BCUT2D eigenvalue weighted by atomic mass is 32.2. The van der Waals surface area contributed by atoms with Gasteiger partial charge in [0, 0.05) is 12.4 Å². The lowest BCUT2D eigenvalue weighted by Gasteiger charge is -2.24. The maximum absolute atomic E-state index is 13.5. The second-order valence-corrected chi connectivity index (χ2v) is 7.82. The Kier molecular flexibility index (Phi) is 4.81.